The third-order valence-electron chi connectivity index (χ3n) is 3.99. The summed E-state index contributed by atoms with van der Waals surface area (Å²) >= 11 is 7.33. The highest BCUT2D eigenvalue weighted by Gasteiger charge is 2.25. The van der Waals surface area contributed by atoms with Gasteiger partial charge in [0.1, 0.15) is 0 Å². The topological polar surface area (TPSA) is 20.3 Å². The molecule has 1 atom stereocenters. The van der Waals surface area contributed by atoms with Crippen molar-refractivity contribution in [3.8, 4) is 0 Å². The smallest absolute Gasteiger partial charge is 0.231 e. The van der Waals surface area contributed by atoms with Gasteiger partial charge in [-0.15, -0.1) is 0 Å². The van der Waals surface area contributed by atoms with Gasteiger partial charge in [0.05, 0.1) is 11.2 Å². The van der Waals surface area contributed by atoms with E-state index in [0.29, 0.717) is 6.42 Å². The lowest BCUT2D eigenvalue weighted by Gasteiger charge is -2.16. The molecule has 2 aromatic rings. The fourth-order valence-corrected chi connectivity index (χ4v) is 3.87. The van der Waals surface area contributed by atoms with Crippen LogP contribution in [0, 0.1) is 6.92 Å². The van der Waals surface area contributed by atoms with Gasteiger partial charge in [-0.25, -0.2) is 0 Å². The van der Waals surface area contributed by atoms with Crippen LogP contribution < -0.4 is 4.90 Å². The number of carbonyl (C=O) groups excluding carboxylic acids is 1. The maximum atomic E-state index is 11.8. The Morgan fingerprint density at radius 1 is 1.19 bits per heavy atom. The van der Waals surface area contributed by atoms with Crippen LogP contribution in [0.4, 0.5) is 5.69 Å². The first-order chi connectivity index (χ1) is 9.97. The minimum absolute atomic E-state index is 0.126. The molecule has 2 nitrogen and oxygen atoms in total. The summed E-state index contributed by atoms with van der Waals surface area (Å²) in [5.41, 5.74) is 5.79. The molecule has 0 aliphatic carbocycles. The second kappa shape index (κ2) is 5.58. The first kappa shape index (κ1) is 14.8. The Labute approximate surface area is 141 Å². The van der Waals surface area contributed by atoms with E-state index < -0.39 is 0 Å². The molecule has 1 aliphatic rings. The highest BCUT2D eigenvalue weighted by Crippen LogP contribution is 2.37. The summed E-state index contributed by atoms with van der Waals surface area (Å²) in [5, 5.41) is 0. The molecular weight excluding hydrogens is 394 g/mol. The van der Waals surface area contributed by atoms with Gasteiger partial charge in [-0.1, -0.05) is 50.1 Å². The number of carbonyl (C=O) groups is 1. The van der Waals surface area contributed by atoms with E-state index in [4.69, 9.17) is 0 Å². The molecule has 0 radical (unpaired) electrons. The van der Waals surface area contributed by atoms with Crippen molar-refractivity contribution in [1.29, 1.82) is 0 Å². The van der Waals surface area contributed by atoms with E-state index in [0.717, 1.165) is 15.7 Å². The van der Waals surface area contributed by atoms with Crippen molar-refractivity contribution in [3.05, 3.63) is 63.1 Å². The van der Waals surface area contributed by atoms with E-state index in [1.807, 2.05) is 13.1 Å². The minimum atomic E-state index is 0.126. The van der Waals surface area contributed by atoms with Crippen molar-refractivity contribution in [2.24, 2.45) is 0 Å². The molecule has 0 aromatic heterocycles. The Morgan fingerprint density at radius 2 is 1.95 bits per heavy atom. The summed E-state index contributed by atoms with van der Waals surface area (Å²) in [6.07, 6.45) is 0.497. The standard InChI is InChI=1S/C17H15Br2NO/c1-10-3-5-13(18)9-14(10)17(19)11-4-6-15-12(7-11)8-16(21)20(15)2/h3-7,9,17H,8H2,1-2H3. The molecule has 4 heteroatoms. The number of likely N-dealkylation sites (N-methyl/N-ethyl adjacent to an activating group) is 1. The monoisotopic (exact) mass is 407 g/mol. The minimum Gasteiger partial charge on any atom is -0.315 e. The second-order valence-corrected chi connectivity index (χ2v) is 7.21. The van der Waals surface area contributed by atoms with E-state index in [-0.39, 0.29) is 10.7 Å². The van der Waals surface area contributed by atoms with Crippen molar-refractivity contribution in [3.63, 3.8) is 0 Å². The van der Waals surface area contributed by atoms with E-state index in [2.05, 4.69) is 69.1 Å². The normalized spacial score (nSPS) is 15.2. The zero-order valence-electron chi connectivity index (χ0n) is 11.9. The highest BCUT2D eigenvalue weighted by atomic mass is 79.9. The zero-order valence-corrected chi connectivity index (χ0v) is 15.0. The van der Waals surface area contributed by atoms with Crippen LogP contribution in [0.2, 0.25) is 0 Å². The first-order valence-corrected chi connectivity index (χ1v) is 8.47. The van der Waals surface area contributed by atoms with Crippen molar-refractivity contribution < 1.29 is 4.79 Å². The Balaban J connectivity index is 2.00. The zero-order chi connectivity index (χ0) is 15.1. The molecule has 0 N–H and O–H groups in total. The fraction of sp³-hybridized carbons (Fsp3) is 0.235. The summed E-state index contributed by atoms with van der Waals surface area (Å²) in [5.74, 6) is 0.159. The molecular formula is C17H15Br2NO. The van der Waals surface area contributed by atoms with E-state index in [1.54, 1.807) is 4.90 Å². The SMILES string of the molecule is Cc1ccc(Br)cc1C(Br)c1ccc2c(c1)CC(=O)N2C. The highest BCUT2D eigenvalue weighted by molar-refractivity contribution is 9.10. The van der Waals surface area contributed by atoms with Crippen LogP contribution in [0.15, 0.2) is 40.9 Å². The summed E-state index contributed by atoms with van der Waals surface area (Å²) < 4.78 is 1.07. The molecule has 1 amide bonds. The number of hydrogen-bond donors (Lipinski definition) is 0. The number of anilines is 1. The van der Waals surface area contributed by atoms with Crippen molar-refractivity contribution in [1.82, 2.24) is 0 Å². The van der Waals surface area contributed by atoms with Crippen LogP contribution in [0.25, 0.3) is 0 Å². The Bertz CT molecular complexity index is 727. The van der Waals surface area contributed by atoms with Gasteiger partial charge in [0.25, 0.3) is 0 Å². The van der Waals surface area contributed by atoms with Crippen LogP contribution >= 0.6 is 31.9 Å². The van der Waals surface area contributed by atoms with Crippen molar-refractivity contribution in [2.45, 2.75) is 18.2 Å². The predicted molar refractivity (Wildman–Crippen MR) is 93.2 cm³/mol. The van der Waals surface area contributed by atoms with Gasteiger partial charge < -0.3 is 4.90 Å². The van der Waals surface area contributed by atoms with Crippen LogP contribution in [0.5, 0.6) is 0 Å². The molecule has 1 aliphatic heterocycles. The lowest BCUT2D eigenvalue weighted by Crippen LogP contribution is -2.20. The first-order valence-electron chi connectivity index (χ1n) is 6.77. The molecule has 0 saturated carbocycles. The molecule has 0 spiro atoms. The van der Waals surface area contributed by atoms with E-state index in [9.17, 15) is 4.79 Å². The van der Waals surface area contributed by atoms with Crippen LogP contribution in [0.3, 0.4) is 0 Å². The number of nitrogens with zero attached hydrogens (tertiary/aromatic N) is 1. The molecule has 2 aromatic carbocycles. The van der Waals surface area contributed by atoms with Gasteiger partial charge in [0.15, 0.2) is 0 Å². The number of amides is 1. The average Bonchev–Trinajstić information content (AvgIpc) is 2.75. The molecule has 108 valence electrons. The molecule has 21 heavy (non-hydrogen) atoms. The number of fused-ring (bicyclic) bond motifs is 1. The molecule has 0 fully saturated rings. The molecule has 0 saturated heterocycles. The van der Waals surface area contributed by atoms with Gasteiger partial charge in [0, 0.05) is 17.2 Å². The molecule has 3 rings (SSSR count). The maximum absolute atomic E-state index is 11.8. The lowest BCUT2D eigenvalue weighted by atomic mass is 9.98. The van der Waals surface area contributed by atoms with Crippen LogP contribution in [-0.4, -0.2) is 13.0 Å². The molecule has 1 unspecified atom stereocenters. The van der Waals surface area contributed by atoms with Crippen LogP contribution in [-0.2, 0) is 11.2 Å². The number of hydrogen-bond acceptors (Lipinski definition) is 1. The summed E-state index contributed by atoms with van der Waals surface area (Å²) in [7, 11) is 1.83. The lowest BCUT2D eigenvalue weighted by molar-refractivity contribution is -0.117. The predicted octanol–water partition coefficient (Wildman–Crippen LogP) is 4.76. The average molecular weight is 409 g/mol. The largest absolute Gasteiger partial charge is 0.315 e. The maximum Gasteiger partial charge on any atom is 0.231 e. The Hall–Kier alpha value is -1.13. The second-order valence-electron chi connectivity index (χ2n) is 5.38. The van der Waals surface area contributed by atoms with Crippen molar-refractivity contribution >= 4 is 43.5 Å². The number of rotatable bonds is 2. The van der Waals surface area contributed by atoms with Crippen LogP contribution in [0.1, 0.15) is 27.1 Å². The van der Waals surface area contributed by atoms with E-state index >= 15 is 0 Å². The number of alkyl halides is 1. The summed E-state index contributed by atoms with van der Waals surface area (Å²) in [4.78, 5) is 13.6. The Morgan fingerprint density at radius 3 is 2.71 bits per heavy atom. The quantitative estimate of drug-likeness (QED) is 0.656. The van der Waals surface area contributed by atoms with E-state index in [1.165, 1.54) is 16.7 Å². The third kappa shape index (κ3) is 2.67. The van der Waals surface area contributed by atoms with Gasteiger partial charge in [-0.3, -0.25) is 4.79 Å². The number of halogens is 2. The van der Waals surface area contributed by atoms with Gasteiger partial charge in [0.2, 0.25) is 5.91 Å². The third-order valence-corrected chi connectivity index (χ3v) is 5.50. The van der Waals surface area contributed by atoms with Crippen molar-refractivity contribution in [2.75, 3.05) is 11.9 Å². The summed E-state index contributed by atoms with van der Waals surface area (Å²) in [6.45, 7) is 2.11. The fourth-order valence-electron chi connectivity index (χ4n) is 2.71. The summed E-state index contributed by atoms with van der Waals surface area (Å²) in [6, 6.07) is 12.6. The molecule has 0 bridgehead atoms. The molecule has 1 heterocycles. The van der Waals surface area contributed by atoms with Gasteiger partial charge in [-0.05, 0) is 47.4 Å². The number of aryl methyl sites for hydroxylation is 1. The number of benzene rings is 2. The Kier molecular flexibility index (Phi) is 3.93. The van der Waals surface area contributed by atoms with Gasteiger partial charge in [-0.2, -0.15) is 0 Å². The van der Waals surface area contributed by atoms with Gasteiger partial charge >= 0.3 is 0 Å².